The van der Waals surface area contributed by atoms with E-state index in [0.717, 1.165) is 73.0 Å². The van der Waals surface area contributed by atoms with Gasteiger partial charge in [0, 0.05) is 38.8 Å². The number of hydrogen-bond donors (Lipinski definition) is 3. The number of para-hydroxylation sites is 2. The van der Waals surface area contributed by atoms with Gasteiger partial charge in [0.25, 0.3) is 5.56 Å². The molecule has 36 heavy (non-hydrogen) atoms. The lowest BCUT2D eigenvalue weighted by Crippen LogP contribution is -2.47. The Morgan fingerprint density at radius 1 is 1.00 bits per heavy atom. The lowest BCUT2D eigenvalue weighted by atomic mass is 10.1. The highest BCUT2D eigenvalue weighted by Gasteiger charge is 2.25. The molecule has 4 aromatic rings. The van der Waals surface area contributed by atoms with E-state index in [9.17, 15) is 4.79 Å². The number of aromatic nitrogens is 3. The molecule has 0 amide bonds. The van der Waals surface area contributed by atoms with Gasteiger partial charge in [0.15, 0.2) is 0 Å². The number of piperazine rings is 1. The zero-order valence-electron chi connectivity index (χ0n) is 19.8. The molecule has 0 saturated carbocycles. The van der Waals surface area contributed by atoms with Gasteiger partial charge in [-0.05, 0) is 43.7 Å². The number of hydrogen-bond acceptors (Lipinski definition) is 8. The molecule has 2 aliphatic rings. The van der Waals surface area contributed by atoms with E-state index in [4.69, 9.17) is 21.6 Å². The summed E-state index contributed by atoms with van der Waals surface area (Å²) < 4.78 is 1.05. The van der Waals surface area contributed by atoms with E-state index in [2.05, 4.69) is 25.4 Å². The number of nitrogens with zero attached hydrogens (tertiary/aromatic N) is 4. The third-order valence-electron chi connectivity index (χ3n) is 6.82. The summed E-state index contributed by atoms with van der Waals surface area (Å²) in [6.07, 6.45) is 2.13. The highest BCUT2D eigenvalue weighted by atomic mass is 35.5. The fraction of sp³-hybridized carbons (Fsp3) is 0.346. The smallest absolute Gasteiger partial charge is 0.264 e. The molecule has 186 valence electrons. The van der Waals surface area contributed by atoms with Gasteiger partial charge in [-0.25, -0.2) is 4.98 Å². The quantitative estimate of drug-likeness (QED) is 0.363. The minimum Gasteiger partial charge on any atom is -0.367 e. The normalized spacial score (nSPS) is 18.5. The second-order valence-corrected chi connectivity index (χ2v) is 10.7. The summed E-state index contributed by atoms with van der Waals surface area (Å²) in [6.45, 7) is 4.93. The van der Waals surface area contributed by atoms with Gasteiger partial charge in [-0.3, -0.25) is 9.78 Å². The SMILES string of the molecule is O=c1[nH]c(N2CCN(c3ccccc3Cl)CC2)nc(NC2CCCNC2)c1-c1nc2ccccc2s1. The standard InChI is InChI=1S/C26H28ClN7OS/c27-18-7-1-3-9-20(18)33-12-14-34(15-13-33)26-31-23(29-17-6-5-11-28-16-17)22(24(35)32-26)25-30-19-8-2-4-10-21(19)36-25/h1-4,7-10,17,28H,5-6,11-16H2,(H2,29,31,32,35). The molecule has 2 saturated heterocycles. The van der Waals surface area contributed by atoms with Crippen LogP contribution in [0.4, 0.5) is 17.5 Å². The van der Waals surface area contributed by atoms with Crippen molar-refractivity contribution in [2.24, 2.45) is 0 Å². The summed E-state index contributed by atoms with van der Waals surface area (Å²) in [5.41, 5.74) is 2.28. The van der Waals surface area contributed by atoms with Crippen LogP contribution in [0.25, 0.3) is 20.8 Å². The molecule has 1 unspecified atom stereocenters. The van der Waals surface area contributed by atoms with Crippen molar-refractivity contribution < 1.29 is 0 Å². The van der Waals surface area contributed by atoms with Crippen molar-refractivity contribution in [3.63, 3.8) is 0 Å². The van der Waals surface area contributed by atoms with Crippen molar-refractivity contribution in [3.8, 4) is 10.6 Å². The predicted molar refractivity (Wildman–Crippen MR) is 149 cm³/mol. The maximum atomic E-state index is 13.5. The first-order valence-corrected chi connectivity index (χ1v) is 13.6. The Hall–Kier alpha value is -3.14. The summed E-state index contributed by atoms with van der Waals surface area (Å²) in [5, 5.41) is 8.45. The highest BCUT2D eigenvalue weighted by Crippen LogP contribution is 2.33. The molecule has 4 heterocycles. The molecule has 8 nitrogen and oxygen atoms in total. The molecule has 3 N–H and O–H groups in total. The Morgan fingerprint density at radius 2 is 1.78 bits per heavy atom. The second kappa shape index (κ2) is 10.1. The first-order valence-electron chi connectivity index (χ1n) is 12.4. The van der Waals surface area contributed by atoms with Crippen LogP contribution in [0.15, 0.2) is 53.3 Å². The van der Waals surface area contributed by atoms with Crippen molar-refractivity contribution >= 4 is 50.6 Å². The van der Waals surface area contributed by atoms with Crippen LogP contribution in [0.5, 0.6) is 0 Å². The van der Waals surface area contributed by atoms with Crippen LogP contribution in [-0.4, -0.2) is 60.3 Å². The maximum Gasteiger partial charge on any atom is 0.264 e. The van der Waals surface area contributed by atoms with E-state index in [1.165, 1.54) is 11.3 Å². The molecule has 6 rings (SSSR count). The number of rotatable bonds is 5. The summed E-state index contributed by atoms with van der Waals surface area (Å²) in [7, 11) is 0. The molecule has 0 radical (unpaired) electrons. The minimum absolute atomic E-state index is 0.168. The summed E-state index contributed by atoms with van der Waals surface area (Å²) in [4.78, 5) is 30.7. The van der Waals surface area contributed by atoms with Gasteiger partial charge in [0.05, 0.1) is 20.9 Å². The van der Waals surface area contributed by atoms with Crippen LogP contribution in [0, 0.1) is 0 Å². The summed E-state index contributed by atoms with van der Waals surface area (Å²) in [6, 6.07) is 16.1. The van der Waals surface area contributed by atoms with Crippen LogP contribution in [0.1, 0.15) is 12.8 Å². The van der Waals surface area contributed by atoms with E-state index < -0.39 is 0 Å². The predicted octanol–water partition coefficient (Wildman–Crippen LogP) is 4.19. The van der Waals surface area contributed by atoms with Gasteiger partial charge in [0.2, 0.25) is 5.95 Å². The van der Waals surface area contributed by atoms with Crippen LogP contribution in [-0.2, 0) is 0 Å². The average Bonchev–Trinajstić information content (AvgIpc) is 3.33. The van der Waals surface area contributed by atoms with E-state index >= 15 is 0 Å². The Bertz CT molecular complexity index is 1390. The molecule has 0 bridgehead atoms. The van der Waals surface area contributed by atoms with Gasteiger partial charge in [-0.15, -0.1) is 11.3 Å². The fourth-order valence-electron chi connectivity index (χ4n) is 4.93. The zero-order chi connectivity index (χ0) is 24.5. The molecule has 0 spiro atoms. The van der Waals surface area contributed by atoms with Gasteiger partial charge in [0.1, 0.15) is 16.4 Å². The molecule has 2 fully saturated rings. The number of halogens is 1. The molecule has 0 aliphatic carbocycles. The van der Waals surface area contributed by atoms with Crippen molar-refractivity contribution in [2.45, 2.75) is 18.9 Å². The molecule has 2 aromatic carbocycles. The van der Waals surface area contributed by atoms with Crippen LogP contribution in [0.2, 0.25) is 5.02 Å². The van der Waals surface area contributed by atoms with Gasteiger partial charge >= 0.3 is 0 Å². The lowest BCUT2D eigenvalue weighted by Gasteiger charge is -2.37. The van der Waals surface area contributed by atoms with Crippen molar-refractivity contribution in [2.75, 3.05) is 54.4 Å². The van der Waals surface area contributed by atoms with E-state index in [1.807, 2.05) is 48.5 Å². The lowest BCUT2D eigenvalue weighted by molar-refractivity contribution is 0.479. The van der Waals surface area contributed by atoms with Crippen molar-refractivity contribution in [3.05, 3.63) is 63.9 Å². The molecule has 1 atom stereocenters. The van der Waals surface area contributed by atoms with E-state index in [1.54, 1.807) is 0 Å². The van der Waals surface area contributed by atoms with Gasteiger partial charge in [-0.1, -0.05) is 35.9 Å². The van der Waals surface area contributed by atoms with Crippen molar-refractivity contribution in [1.29, 1.82) is 0 Å². The summed E-state index contributed by atoms with van der Waals surface area (Å²) in [5.74, 6) is 1.20. The number of aromatic amines is 1. The monoisotopic (exact) mass is 521 g/mol. The van der Waals surface area contributed by atoms with Crippen LogP contribution < -0.4 is 26.0 Å². The van der Waals surface area contributed by atoms with Gasteiger partial charge < -0.3 is 20.4 Å². The number of H-pyrrole nitrogens is 1. The first-order chi connectivity index (χ1) is 17.7. The molecule has 10 heteroatoms. The Morgan fingerprint density at radius 3 is 2.56 bits per heavy atom. The Kier molecular flexibility index (Phi) is 6.52. The van der Waals surface area contributed by atoms with Crippen LogP contribution >= 0.6 is 22.9 Å². The number of piperidine rings is 1. The summed E-state index contributed by atoms with van der Waals surface area (Å²) >= 11 is 7.94. The van der Waals surface area contributed by atoms with E-state index in [-0.39, 0.29) is 11.6 Å². The number of nitrogens with one attached hydrogen (secondary N) is 3. The highest BCUT2D eigenvalue weighted by molar-refractivity contribution is 7.21. The molecular formula is C26H28ClN7OS. The minimum atomic E-state index is -0.168. The Balaban J connectivity index is 1.31. The number of fused-ring (bicyclic) bond motifs is 1. The largest absolute Gasteiger partial charge is 0.367 e. The Labute approximate surface area is 218 Å². The topological polar surface area (TPSA) is 89.2 Å². The van der Waals surface area contributed by atoms with Crippen LogP contribution in [0.3, 0.4) is 0 Å². The second-order valence-electron chi connectivity index (χ2n) is 9.21. The third kappa shape index (κ3) is 4.66. The maximum absolute atomic E-state index is 13.5. The number of benzene rings is 2. The number of thiazole rings is 1. The third-order valence-corrected chi connectivity index (χ3v) is 8.20. The van der Waals surface area contributed by atoms with Crippen molar-refractivity contribution in [1.82, 2.24) is 20.3 Å². The fourth-order valence-corrected chi connectivity index (χ4v) is 6.19. The molecule has 2 aliphatic heterocycles. The first kappa shape index (κ1) is 23.3. The molecular weight excluding hydrogens is 494 g/mol. The number of anilines is 3. The van der Waals surface area contributed by atoms with E-state index in [0.29, 0.717) is 22.3 Å². The van der Waals surface area contributed by atoms with Gasteiger partial charge in [-0.2, -0.15) is 4.98 Å². The molecule has 2 aromatic heterocycles. The zero-order valence-corrected chi connectivity index (χ0v) is 21.4. The average molecular weight is 522 g/mol.